The summed E-state index contributed by atoms with van der Waals surface area (Å²) in [5.74, 6) is -0.447. The molecular weight excluding hydrogens is 326 g/mol. The highest BCUT2D eigenvalue weighted by atomic mass is 35.5. The number of carbonyl (C=O) groups is 2. The monoisotopic (exact) mass is 341 g/mol. The van der Waals surface area contributed by atoms with Crippen LogP contribution in [0.5, 0.6) is 0 Å². The van der Waals surface area contributed by atoms with Gasteiger partial charge in [0.15, 0.2) is 0 Å². The molecule has 24 heavy (non-hydrogen) atoms. The van der Waals surface area contributed by atoms with Crippen LogP contribution in [0.3, 0.4) is 0 Å². The minimum absolute atomic E-state index is 0.183. The zero-order valence-corrected chi connectivity index (χ0v) is 13.8. The van der Waals surface area contributed by atoms with Gasteiger partial charge < -0.3 is 15.6 Å². The van der Waals surface area contributed by atoms with Gasteiger partial charge in [-0.25, -0.2) is 0 Å². The van der Waals surface area contributed by atoms with Crippen LogP contribution in [0.15, 0.2) is 48.7 Å². The molecule has 3 rings (SSSR count). The summed E-state index contributed by atoms with van der Waals surface area (Å²) in [5, 5.41) is 6.89. The van der Waals surface area contributed by atoms with Crippen molar-refractivity contribution < 1.29 is 9.59 Å². The maximum atomic E-state index is 12.4. The molecule has 6 heteroatoms. The molecule has 1 heterocycles. The Morgan fingerprint density at radius 3 is 2.75 bits per heavy atom. The van der Waals surface area contributed by atoms with Crippen molar-refractivity contribution in [2.45, 2.75) is 6.42 Å². The Morgan fingerprint density at radius 1 is 1.17 bits per heavy atom. The van der Waals surface area contributed by atoms with Gasteiger partial charge >= 0.3 is 0 Å². The molecule has 0 aliphatic heterocycles. The number of nitrogens with one attached hydrogen (secondary N) is 3. The van der Waals surface area contributed by atoms with Crippen LogP contribution in [0.2, 0.25) is 5.02 Å². The van der Waals surface area contributed by atoms with Gasteiger partial charge in [0.2, 0.25) is 5.91 Å². The summed E-state index contributed by atoms with van der Waals surface area (Å²) in [6.45, 7) is 0. The number of halogens is 1. The second kappa shape index (κ2) is 6.76. The predicted molar refractivity (Wildman–Crippen MR) is 95.5 cm³/mol. The molecule has 0 radical (unpaired) electrons. The van der Waals surface area contributed by atoms with Gasteiger partial charge in [0.05, 0.1) is 17.7 Å². The molecule has 0 aliphatic carbocycles. The lowest BCUT2D eigenvalue weighted by Gasteiger charge is -2.10. The first kappa shape index (κ1) is 16.1. The van der Waals surface area contributed by atoms with E-state index in [1.165, 1.54) is 0 Å². The van der Waals surface area contributed by atoms with Crippen molar-refractivity contribution >= 4 is 40.0 Å². The number of para-hydroxylation sites is 1. The molecule has 0 saturated carbocycles. The average molecular weight is 342 g/mol. The largest absolute Gasteiger partial charge is 0.361 e. The Labute approximate surface area is 144 Å². The van der Waals surface area contributed by atoms with Crippen LogP contribution in [0.25, 0.3) is 10.9 Å². The molecule has 0 bridgehead atoms. The highest BCUT2D eigenvalue weighted by molar-refractivity contribution is 6.31. The van der Waals surface area contributed by atoms with E-state index in [4.69, 9.17) is 11.6 Å². The zero-order chi connectivity index (χ0) is 17.1. The number of hydrogen-bond donors (Lipinski definition) is 3. The van der Waals surface area contributed by atoms with Crippen molar-refractivity contribution in [3.63, 3.8) is 0 Å². The first-order valence-corrected chi connectivity index (χ1v) is 7.83. The quantitative estimate of drug-likeness (QED) is 0.680. The zero-order valence-electron chi connectivity index (χ0n) is 13.0. The third kappa shape index (κ3) is 3.26. The molecular formula is C18H16ClN3O2. The fourth-order valence-corrected chi connectivity index (χ4v) is 2.76. The highest BCUT2D eigenvalue weighted by Gasteiger charge is 2.13. The van der Waals surface area contributed by atoms with Crippen LogP contribution in [-0.2, 0) is 11.2 Å². The summed E-state index contributed by atoms with van der Waals surface area (Å²) in [6, 6.07) is 12.4. The van der Waals surface area contributed by atoms with E-state index in [1.807, 2.05) is 12.1 Å². The smallest absolute Gasteiger partial charge is 0.253 e. The van der Waals surface area contributed by atoms with E-state index in [0.29, 0.717) is 16.3 Å². The van der Waals surface area contributed by atoms with Crippen molar-refractivity contribution in [3.8, 4) is 0 Å². The SMILES string of the molecule is CNC(=O)c1ccccc1NC(=O)Cc1c[nH]c2ccc(Cl)cc12. The number of rotatable bonds is 4. The fraction of sp³-hybridized carbons (Fsp3) is 0.111. The Kier molecular flexibility index (Phi) is 4.53. The van der Waals surface area contributed by atoms with E-state index in [9.17, 15) is 9.59 Å². The molecule has 2 aromatic carbocycles. The van der Waals surface area contributed by atoms with E-state index in [1.54, 1.807) is 43.6 Å². The van der Waals surface area contributed by atoms with Gasteiger partial charge in [0.1, 0.15) is 0 Å². The topological polar surface area (TPSA) is 74.0 Å². The molecule has 3 N–H and O–H groups in total. The summed E-state index contributed by atoms with van der Waals surface area (Å²) < 4.78 is 0. The van der Waals surface area contributed by atoms with Crippen molar-refractivity contribution in [1.29, 1.82) is 0 Å². The average Bonchev–Trinajstić information content (AvgIpc) is 2.96. The highest BCUT2D eigenvalue weighted by Crippen LogP contribution is 2.23. The maximum Gasteiger partial charge on any atom is 0.253 e. The first-order chi connectivity index (χ1) is 11.6. The summed E-state index contributed by atoms with van der Waals surface area (Å²) >= 11 is 6.03. The standard InChI is InChI=1S/C18H16ClN3O2/c1-20-18(24)13-4-2-3-5-16(13)22-17(23)8-11-10-21-15-7-6-12(19)9-14(11)15/h2-7,9-10,21H,8H2,1H3,(H,20,24)(H,22,23). The first-order valence-electron chi connectivity index (χ1n) is 7.45. The lowest BCUT2D eigenvalue weighted by Crippen LogP contribution is -2.22. The molecule has 0 unspecified atom stereocenters. The van der Waals surface area contributed by atoms with Crippen molar-refractivity contribution in [2.24, 2.45) is 0 Å². The number of benzene rings is 2. The van der Waals surface area contributed by atoms with E-state index in [-0.39, 0.29) is 18.2 Å². The second-order valence-corrected chi connectivity index (χ2v) is 5.79. The normalized spacial score (nSPS) is 10.6. The molecule has 0 saturated heterocycles. The molecule has 0 spiro atoms. The van der Waals surface area contributed by atoms with Crippen LogP contribution in [-0.4, -0.2) is 23.8 Å². The van der Waals surface area contributed by atoms with Crippen molar-refractivity contribution in [3.05, 3.63) is 64.8 Å². The second-order valence-electron chi connectivity index (χ2n) is 5.35. The number of aromatic amines is 1. The number of amides is 2. The number of aromatic nitrogens is 1. The van der Waals surface area contributed by atoms with E-state index in [2.05, 4.69) is 15.6 Å². The predicted octanol–water partition coefficient (Wildman–Crippen LogP) is 3.36. The van der Waals surface area contributed by atoms with Gasteiger partial charge in [0, 0.05) is 29.2 Å². The minimum atomic E-state index is -0.246. The van der Waals surface area contributed by atoms with Crippen molar-refractivity contribution in [1.82, 2.24) is 10.3 Å². The Hall–Kier alpha value is -2.79. The van der Waals surface area contributed by atoms with Crippen molar-refractivity contribution in [2.75, 3.05) is 12.4 Å². The van der Waals surface area contributed by atoms with Gasteiger partial charge in [-0.3, -0.25) is 9.59 Å². The van der Waals surface area contributed by atoms with E-state index < -0.39 is 0 Å². The Bertz CT molecular complexity index is 918. The van der Waals surface area contributed by atoms with Crippen LogP contribution >= 0.6 is 11.6 Å². The summed E-state index contributed by atoms with van der Waals surface area (Å²) in [5.41, 5.74) is 2.69. The van der Waals surface area contributed by atoms with Gasteiger partial charge in [-0.05, 0) is 35.9 Å². The molecule has 0 aliphatic rings. The van der Waals surface area contributed by atoms with Crippen LogP contribution in [0.1, 0.15) is 15.9 Å². The Balaban J connectivity index is 1.81. The molecule has 3 aromatic rings. The van der Waals surface area contributed by atoms with Crippen LogP contribution in [0.4, 0.5) is 5.69 Å². The molecule has 122 valence electrons. The number of fused-ring (bicyclic) bond motifs is 1. The van der Waals surface area contributed by atoms with Gasteiger partial charge in [-0.15, -0.1) is 0 Å². The summed E-state index contributed by atoms with van der Waals surface area (Å²) in [7, 11) is 1.55. The Morgan fingerprint density at radius 2 is 1.96 bits per heavy atom. The van der Waals surface area contributed by atoms with Crippen LogP contribution < -0.4 is 10.6 Å². The summed E-state index contributed by atoms with van der Waals surface area (Å²) in [6.07, 6.45) is 1.98. The number of carbonyl (C=O) groups excluding carboxylic acids is 2. The lowest BCUT2D eigenvalue weighted by atomic mass is 10.1. The van der Waals surface area contributed by atoms with Gasteiger partial charge in [-0.1, -0.05) is 23.7 Å². The fourth-order valence-electron chi connectivity index (χ4n) is 2.59. The van der Waals surface area contributed by atoms with E-state index >= 15 is 0 Å². The summed E-state index contributed by atoms with van der Waals surface area (Å²) in [4.78, 5) is 27.4. The molecule has 1 aromatic heterocycles. The van der Waals surface area contributed by atoms with E-state index in [0.717, 1.165) is 16.5 Å². The molecule has 0 fully saturated rings. The third-order valence-electron chi connectivity index (χ3n) is 3.75. The van der Waals surface area contributed by atoms with Gasteiger partial charge in [-0.2, -0.15) is 0 Å². The third-order valence-corrected chi connectivity index (χ3v) is 3.99. The number of anilines is 1. The minimum Gasteiger partial charge on any atom is -0.361 e. The maximum absolute atomic E-state index is 12.4. The molecule has 2 amide bonds. The molecule has 5 nitrogen and oxygen atoms in total. The van der Waals surface area contributed by atoms with Crippen LogP contribution in [0, 0.1) is 0 Å². The number of hydrogen-bond acceptors (Lipinski definition) is 2. The lowest BCUT2D eigenvalue weighted by molar-refractivity contribution is -0.115. The van der Waals surface area contributed by atoms with Gasteiger partial charge in [0.25, 0.3) is 5.91 Å². The molecule has 0 atom stereocenters. The number of H-pyrrole nitrogens is 1.